The molecule has 0 aliphatic carbocycles. The molecule has 2 heterocycles. The number of H-pyrrole nitrogens is 1. The molecule has 0 saturated heterocycles. The van der Waals surface area contributed by atoms with Crippen molar-refractivity contribution < 1.29 is 9.59 Å². The van der Waals surface area contributed by atoms with Gasteiger partial charge in [-0.2, -0.15) is 11.3 Å². The van der Waals surface area contributed by atoms with Gasteiger partial charge in [0.2, 0.25) is 0 Å². The van der Waals surface area contributed by atoms with E-state index in [1.165, 1.54) is 5.56 Å². The molecule has 0 radical (unpaired) electrons. The Hall–Kier alpha value is -3.03. The van der Waals surface area contributed by atoms with Gasteiger partial charge in [-0.25, -0.2) is 0 Å². The average molecular weight is 408 g/mol. The molecule has 5 nitrogen and oxygen atoms in total. The molecule has 28 heavy (non-hydrogen) atoms. The van der Waals surface area contributed by atoms with E-state index in [0.29, 0.717) is 11.1 Å². The topological polar surface area (TPSA) is 74.0 Å². The van der Waals surface area contributed by atoms with Gasteiger partial charge in [0.25, 0.3) is 11.8 Å². The molecular weight excluding hydrogens is 390 g/mol. The van der Waals surface area contributed by atoms with Crippen molar-refractivity contribution in [2.75, 3.05) is 0 Å². The number of hydrazine groups is 1. The summed E-state index contributed by atoms with van der Waals surface area (Å²) in [6.07, 6.45) is 1.64. The van der Waals surface area contributed by atoms with E-state index in [1.54, 1.807) is 35.4 Å². The summed E-state index contributed by atoms with van der Waals surface area (Å²) in [6, 6.07) is 17.0. The van der Waals surface area contributed by atoms with Crippen molar-refractivity contribution in [1.82, 2.24) is 15.8 Å². The van der Waals surface area contributed by atoms with Crippen LogP contribution in [-0.2, 0) is 5.75 Å². The Bertz CT molecular complexity index is 1120. The molecule has 2 aromatic carbocycles. The lowest BCUT2D eigenvalue weighted by Gasteiger charge is -2.10. The maximum absolute atomic E-state index is 12.6. The van der Waals surface area contributed by atoms with Gasteiger partial charge in [-0.05, 0) is 40.6 Å². The summed E-state index contributed by atoms with van der Waals surface area (Å²) in [5.41, 5.74) is 8.13. The Morgan fingerprint density at radius 1 is 0.929 bits per heavy atom. The smallest absolute Gasteiger partial charge is 0.271 e. The van der Waals surface area contributed by atoms with E-state index in [0.717, 1.165) is 21.6 Å². The first-order valence-electron chi connectivity index (χ1n) is 8.62. The predicted octanol–water partition coefficient (Wildman–Crippen LogP) is 4.60. The number of hydrogen-bond acceptors (Lipinski definition) is 4. The fourth-order valence-corrected chi connectivity index (χ4v) is 4.59. The summed E-state index contributed by atoms with van der Waals surface area (Å²) in [4.78, 5) is 29.0. The van der Waals surface area contributed by atoms with Gasteiger partial charge in [0, 0.05) is 27.7 Å². The molecule has 7 heteroatoms. The number of hydrogen-bond donors (Lipinski definition) is 3. The Morgan fingerprint density at radius 3 is 2.50 bits per heavy atom. The molecule has 3 N–H and O–H groups in total. The fourth-order valence-electron chi connectivity index (χ4n) is 2.82. The standard InChI is InChI=1S/C21H17N3O2S2/c25-20(16-6-2-4-8-19(16)28-13-14-9-10-27-12-14)23-24-21(26)17-11-22-18-7-3-1-5-15(17)18/h1-12,22H,13H2,(H,23,25)(H,24,26). The van der Waals surface area contributed by atoms with Gasteiger partial charge >= 0.3 is 0 Å². The van der Waals surface area contributed by atoms with Crippen LogP contribution in [0, 0.1) is 0 Å². The third-order valence-electron chi connectivity index (χ3n) is 4.23. The van der Waals surface area contributed by atoms with Gasteiger partial charge in [-0.1, -0.05) is 30.3 Å². The largest absolute Gasteiger partial charge is 0.360 e. The van der Waals surface area contributed by atoms with Crippen molar-refractivity contribution in [2.45, 2.75) is 10.6 Å². The monoisotopic (exact) mass is 407 g/mol. The van der Waals surface area contributed by atoms with Crippen LogP contribution in [0.5, 0.6) is 0 Å². The maximum atomic E-state index is 12.6. The first-order chi connectivity index (χ1) is 13.7. The van der Waals surface area contributed by atoms with Gasteiger partial charge in [-0.3, -0.25) is 20.4 Å². The van der Waals surface area contributed by atoms with Crippen LogP contribution in [0.25, 0.3) is 10.9 Å². The van der Waals surface area contributed by atoms with E-state index in [-0.39, 0.29) is 11.8 Å². The third kappa shape index (κ3) is 3.95. The second-order valence-corrected chi connectivity index (χ2v) is 7.87. The van der Waals surface area contributed by atoms with Crippen LogP contribution >= 0.6 is 23.1 Å². The highest BCUT2D eigenvalue weighted by molar-refractivity contribution is 7.98. The predicted molar refractivity (Wildman–Crippen MR) is 114 cm³/mol. The molecule has 0 bridgehead atoms. The highest BCUT2D eigenvalue weighted by Crippen LogP contribution is 2.27. The van der Waals surface area contributed by atoms with E-state index in [1.807, 2.05) is 47.8 Å². The fraction of sp³-hybridized carbons (Fsp3) is 0.0476. The number of benzene rings is 2. The normalized spacial score (nSPS) is 10.7. The quantitative estimate of drug-likeness (QED) is 0.334. The molecule has 0 aliphatic heterocycles. The van der Waals surface area contributed by atoms with E-state index in [9.17, 15) is 9.59 Å². The summed E-state index contributed by atoms with van der Waals surface area (Å²) < 4.78 is 0. The van der Waals surface area contributed by atoms with Crippen molar-refractivity contribution in [3.8, 4) is 0 Å². The lowest BCUT2D eigenvalue weighted by molar-refractivity contribution is 0.0846. The number of amides is 2. The van der Waals surface area contributed by atoms with Gasteiger partial charge in [-0.15, -0.1) is 11.8 Å². The Balaban J connectivity index is 1.43. The van der Waals surface area contributed by atoms with Crippen LogP contribution in [0.4, 0.5) is 0 Å². The number of carbonyl (C=O) groups excluding carboxylic acids is 2. The minimum atomic E-state index is -0.366. The first-order valence-corrected chi connectivity index (χ1v) is 10.5. The molecule has 0 unspecified atom stereocenters. The summed E-state index contributed by atoms with van der Waals surface area (Å²) >= 11 is 3.25. The summed E-state index contributed by atoms with van der Waals surface area (Å²) in [5.74, 6) is 0.0750. The van der Waals surface area contributed by atoms with E-state index in [4.69, 9.17) is 0 Å². The van der Waals surface area contributed by atoms with Crippen molar-refractivity contribution >= 4 is 45.8 Å². The minimum absolute atomic E-state index is 0.346. The van der Waals surface area contributed by atoms with Crippen molar-refractivity contribution in [2.24, 2.45) is 0 Å². The zero-order valence-electron chi connectivity index (χ0n) is 14.8. The van der Waals surface area contributed by atoms with Crippen LogP contribution in [0.3, 0.4) is 0 Å². The second-order valence-electron chi connectivity index (χ2n) is 6.07. The van der Waals surface area contributed by atoms with Gasteiger partial charge in [0.1, 0.15) is 0 Å². The Labute approximate surface area is 170 Å². The van der Waals surface area contributed by atoms with Crippen molar-refractivity contribution in [3.05, 3.63) is 88.2 Å². The van der Waals surface area contributed by atoms with Crippen LogP contribution in [-0.4, -0.2) is 16.8 Å². The van der Waals surface area contributed by atoms with E-state index in [2.05, 4.69) is 27.3 Å². The lowest BCUT2D eigenvalue weighted by atomic mass is 10.2. The third-order valence-corrected chi connectivity index (χ3v) is 6.11. The number of fused-ring (bicyclic) bond motifs is 1. The molecule has 0 aliphatic rings. The van der Waals surface area contributed by atoms with Gasteiger partial charge < -0.3 is 4.98 Å². The molecule has 2 amide bonds. The molecule has 0 fully saturated rings. The number of thiophene rings is 1. The first kappa shape index (κ1) is 18.3. The molecule has 0 saturated carbocycles. The number of para-hydroxylation sites is 1. The molecular formula is C21H17N3O2S2. The van der Waals surface area contributed by atoms with E-state index < -0.39 is 0 Å². The zero-order chi connectivity index (χ0) is 19.3. The average Bonchev–Trinajstić information content (AvgIpc) is 3.40. The number of rotatable bonds is 5. The maximum Gasteiger partial charge on any atom is 0.271 e. The van der Waals surface area contributed by atoms with Gasteiger partial charge in [0.05, 0.1) is 11.1 Å². The number of aromatic nitrogens is 1. The summed E-state index contributed by atoms with van der Waals surface area (Å²) in [7, 11) is 0. The molecule has 4 rings (SSSR count). The molecule has 2 aromatic heterocycles. The van der Waals surface area contributed by atoms with Crippen molar-refractivity contribution in [1.29, 1.82) is 0 Å². The Morgan fingerprint density at radius 2 is 1.68 bits per heavy atom. The number of thioether (sulfide) groups is 1. The van der Waals surface area contributed by atoms with Gasteiger partial charge in [0.15, 0.2) is 0 Å². The van der Waals surface area contributed by atoms with Crippen LogP contribution in [0.1, 0.15) is 26.3 Å². The zero-order valence-corrected chi connectivity index (χ0v) is 16.4. The van der Waals surface area contributed by atoms with Crippen LogP contribution in [0.2, 0.25) is 0 Å². The van der Waals surface area contributed by atoms with Crippen LogP contribution in [0.15, 0.2) is 76.4 Å². The second kappa shape index (κ2) is 8.33. The van der Waals surface area contributed by atoms with Crippen LogP contribution < -0.4 is 10.9 Å². The number of nitrogens with one attached hydrogen (secondary N) is 3. The summed E-state index contributed by atoms with van der Waals surface area (Å²) in [5, 5.41) is 4.94. The molecule has 0 spiro atoms. The SMILES string of the molecule is O=C(NNC(=O)c1c[nH]c2ccccc12)c1ccccc1SCc1ccsc1. The lowest BCUT2D eigenvalue weighted by Crippen LogP contribution is -2.41. The molecule has 4 aromatic rings. The number of aromatic amines is 1. The Kier molecular flexibility index (Phi) is 5.45. The van der Waals surface area contributed by atoms with E-state index >= 15 is 0 Å². The highest BCUT2D eigenvalue weighted by atomic mass is 32.2. The molecule has 0 atom stereocenters. The minimum Gasteiger partial charge on any atom is -0.360 e. The number of carbonyl (C=O) groups is 2. The van der Waals surface area contributed by atoms with Crippen molar-refractivity contribution in [3.63, 3.8) is 0 Å². The summed E-state index contributed by atoms with van der Waals surface area (Å²) in [6.45, 7) is 0. The molecule has 140 valence electrons. The highest BCUT2D eigenvalue weighted by Gasteiger charge is 2.15.